The maximum atomic E-state index is 14.0. The van der Waals surface area contributed by atoms with Crippen molar-refractivity contribution in [1.82, 2.24) is 0 Å². The molecule has 0 N–H and O–H groups in total. The van der Waals surface area contributed by atoms with Gasteiger partial charge in [-0.05, 0) is 104 Å². The van der Waals surface area contributed by atoms with Gasteiger partial charge >= 0.3 is 11.9 Å². The second kappa shape index (κ2) is 10.2. The Morgan fingerprint density at radius 1 is 1.03 bits per heavy atom. The van der Waals surface area contributed by atoms with E-state index in [9.17, 15) is 14.4 Å². The molecule has 0 bridgehead atoms. The molecule has 0 amide bonds. The van der Waals surface area contributed by atoms with Crippen LogP contribution >= 0.6 is 0 Å². The van der Waals surface area contributed by atoms with E-state index in [0.717, 1.165) is 38.5 Å². The van der Waals surface area contributed by atoms with E-state index in [1.165, 1.54) is 20.0 Å². The summed E-state index contributed by atoms with van der Waals surface area (Å²) in [6, 6.07) is 9.29. The van der Waals surface area contributed by atoms with Gasteiger partial charge in [0.15, 0.2) is 0 Å². The van der Waals surface area contributed by atoms with E-state index in [-0.39, 0.29) is 28.9 Å². The number of hydrogen-bond donors (Lipinski definition) is 0. The monoisotopic (exact) mass is 508 g/mol. The lowest BCUT2D eigenvalue weighted by Gasteiger charge is -2.60. The van der Waals surface area contributed by atoms with Crippen molar-refractivity contribution in [3.05, 3.63) is 35.9 Å². The largest absolute Gasteiger partial charge is 0.469 e. The molecule has 1 aromatic carbocycles. The average molecular weight is 509 g/mol. The number of ketones is 1. The topological polar surface area (TPSA) is 69.7 Å². The van der Waals surface area contributed by atoms with Crippen LogP contribution in [-0.2, 0) is 19.1 Å². The molecule has 5 rings (SSSR count). The van der Waals surface area contributed by atoms with Crippen LogP contribution in [0.25, 0.3) is 0 Å². The quantitative estimate of drug-likeness (QED) is 0.403. The van der Waals surface area contributed by atoms with Crippen LogP contribution in [0.1, 0.15) is 95.3 Å². The van der Waals surface area contributed by atoms with Crippen LogP contribution in [0.4, 0.5) is 0 Å². The predicted molar refractivity (Wildman–Crippen MR) is 142 cm³/mol. The van der Waals surface area contributed by atoms with Gasteiger partial charge in [0.2, 0.25) is 0 Å². The molecule has 9 atom stereocenters. The van der Waals surface area contributed by atoms with Gasteiger partial charge in [0.1, 0.15) is 11.9 Å². The van der Waals surface area contributed by atoms with Crippen LogP contribution in [0.2, 0.25) is 0 Å². The summed E-state index contributed by atoms with van der Waals surface area (Å²) in [6.45, 7) is 6.93. The van der Waals surface area contributed by atoms with E-state index in [1.54, 1.807) is 0 Å². The highest BCUT2D eigenvalue weighted by Gasteiger charge is 2.64. The minimum Gasteiger partial charge on any atom is -0.469 e. The fourth-order valence-corrected chi connectivity index (χ4v) is 9.42. The summed E-state index contributed by atoms with van der Waals surface area (Å²) in [5.41, 5.74) is 0.500. The lowest BCUT2D eigenvalue weighted by molar-refractivity contribution is -0.160. The maximum Gasteiger partial charge on any atom is 0.338 e. The van der Waals surface area contributed by atoms with Gasteiger partial charge in [-0.3, -0.25) is 9.59 Å². The first-order chi connectivity index (χ1) is 17.7. The molecule has 37 heavy (non-hydrogen) atoms. The molecule has 0 radical (unpaired) electrons. The Morgan fingerprint density at radius 2 is 1.78 bits per heavy atom. The van der Waals surface area contributed by atoms with E-state index in [0.29, 0.717) is 59.7 Å². The lowest BCUT2D eigenvalue weighted by Crippen LogP contribution is -2.57. The Hall–Kier alpha value is -2.17. The molecule has 202 valence electrons. The van der Waals surface area contributed by atoms with Gasteiger partial charge in [-0.1, -0.05) is 39.0 Å². The Bertz CT molecular complexity index is 1020. The highest BCUT2D eigenvalue weighted by atomic mass is 16.5. The van der Waals surface area contributed by atoms with E-state index in [4.69, 9.17) is 9.47 Å². The molecule has 0 saturated heterocycles. The van der Waals surface area contributed by atoms with Crippen LogP contribution in [0, 0.1) is 46.3 Å². The number of carbonyl (C=O) groups excluding carboxylic acids is 3. The van der Waals surface area contributed by atoms with Crippen molar-refractivity contribution >= 4 is 17.7 Å². The van der Waals surface area contributed by atoms with Crippen molar-refractivity contribution in [3.63, 3.8) is 0 Å². The third kappa shape index (κ3) is 4.55. The Balaban J connectivity index is 1.27. The molecule has 4 aliphatic rings. The van der Waals surface area contributed by atoms with Crippen molar-refractivity contribution in [2.75, 3.05) is 7.11 Å². The fourth-order valence-electron chi connectivity index (χ4n) is 9.42. The lowest BCUT2D eigenvalue weighted by atomic mass is 9.44. The fraction of sp³-hybridized carbons (Fsp3) is 0.719. The van der Waals surface area contributed by atoms with Crippen molar-refractivity contribution in [1.29, 1.82) is 0 Å². The molecule has 5 heteroatoms. The molecule has 4 aliphatic carbocycles. The number of hydrogen-bond acceptors (Lipinski definition) is 5. The molecule has 4 fully saturated rings. The molecule has 0 aromatic heterocycles. The summed E-state index contributed by atoms with van der Waals surface area (Å²) in [7, 11) is 1.45. The van der Waals surface area contributed by atoms with Gasteiger partial charge in [0.05, 0.1) is 12.7 Å². The zero-order valence-electron chi connectivity index (χ0n) is 23.0. The molecule has 0 aliphatic heterocycles. The Kier molecular flexibility index (Phi) is 7.28. The van der Waals surface area contributed by atoms with Crippen molar-refractivity contribution in [3.8, 4) is 0 Å². The van der Waals surface area contributed by atoms with E-state index in [1.807, 2.05) is 30.3 Å². The van der Waals surface area contributed by atoms with Crippen molar-refractivity contribution in [2.24, 2.45) is 46.3 Å². The predicted octanol–water partition coefficient (Wildman–Crippen LogP) is 6.64. The SMILES string of the molecule is COC(=O)CC[C@@H](C)C1CC[C@H]2[C@@H]3CC[C@@H]4C[C@H](OC(=O)c5ccccc5)CC[C@]4(C)C3CC(=O)[C@]12C. The van der Waals surface area contributed by atoms with Gasteiger partial charge in [-0.2, -0.15) is 0 Å². The van der Waals surface area contributed by atoms with E-state index >= 15 is 0 Å². The van der Waals surface area contributed by atoms with Crippen LogP contribution < -0.4 is 0 Å². The number of ether oxygens (including phenoxy) is 2. The minimum atomic E-state index is -0.262. The minimum absolute atomic E-state index is 0.0292. The van der Waals surface area contributed by atoms with Gasteiger partial charge in [-0.25, -0.2) is 4.79 Å². The summed E-state index contributed by atoms with van der Waals surface area (Å²) in [5.74, 6) is 2.79. The number of esters is 2. The van der Waals surface area contributed by atoms with E-state index in [2.05, 4.69) is 20.8 Å². The average Bonchev–Trinajstić information content (AvgIpc) is 3.27. The first-order valence-electron chi connectivity index (χ1n) is 14.5. The number of rotatable bonds is 6. The summed E-state index contributed by atoms with van der Waals surface area (Å²) in [6.07, 6.45) is 9.31. The number of benzene rings is 1. The molecule has 2 unspecified atom stereocenters. The van der Waals surface area contributed by atoms with Crippen LogP contribution in [0.5, 0.6) is 0 Å². The third-order valence-corrected chi connectivity index (χ3v) is 11.6. The highest BCUT2D eigenvalue weighted by Crippen LogP contribution is 2.67. The third-order valence-electron chi connectivity index (χ3n) is 11.6. The van der Waals surface area contributed by atoms with Crippen molar-refractivity contribution < 1.29 is 23.9 Å². The van der Waals surface area contributed by atoms with Gasteiger partial charge in [0.25, 0.3) is 0 Å². The number of methoxy groups -OCH3 is 1. The Morgan fingerprint density at radius 3 is 2.51 bits per heavy atom. The molecule has 5 nitrogen and oxygen atoms in total. The van der Waals surface area contributed by atoms with Gasteiger partial charge in [0, 0.05) is 18.3 Å². The van der Waals surface area contributed by atoms with Gasteiger partial charge < -0.3 is 9.47 Å². The number of carbonyl (C=O) groups is 3. The molecule has 0 heterocycles. The second-order valence-electron chi connectivity index (χ2n) is 13.0. The molecule has 1 aromatic rings. The zero-order valence-corrected chi connectivity index (χ0v) is 23.0. The first-order valence-corrected chi connectivity index (χ1v) is 14.5. The Labute approximate surface area is 222 Å². The summed E-state index contributed by atoms with van der Waals surface area (Å²) in [4.78, 5) is 38.4. The standard InChI is InChI=1S/C32H44O5/c1-20(10-15-29(34)36-4)25-13-14-26-24-12-11-22-18-23(37-30(35)21-8-6-5-7-9-21)16-17-31(22,2)27(24)19-28(33)32(25,26)3/h5-9,20,22-27H,10-19H2,1-4H3/t20-,22-,23-,24+,25?,26+,27?,31+,32-/m1/s1. The smallest absolute Gasteiger partial charge is 0.338 e. The first kappa shape index (κ1) is 26.4. The van der Waals surface area contributed by atoms with Crippen molar-refractivity contribution in [2.45, 2.75) is 91.1 Å². The number of fused-ring (bicyclic) bond motifs is 5. The number of Topliss-reactive ketones (excluding diaryl/α,β-unsaturated/α-hetero) is 1. The zero-order chi connectivity index (χ0) is 26.4. The summed E-state index contributed by atoms with van der Waals surface area (Å²) >= 11 is 0. The van der Waals surface area contributed by atoms with Crippen LogP contribution in [0.3, 0.4) is 0 Å². The summed E-state index contributed by atoms with van der Waals surface area (Å²) in [5, 5.41) is 0. The molecular formula is C32H44O5. The van der Waals surface area contributed by atoms with Gasteiger partial charge in [-0.15, -0.1) is 0 Å². The molecular weight excluding hydrogens is 464 g/mol. The maximum absolute atomic E-state index is 14.0. The van der Waals surface area contributed by atoms with Crippen LogP contribution in [-0.4, -0.2) is 30.9 Å². The molecule has 0 spiro atoms. The van der Waals surface area contributed by atoms with Crippen LogP contribution in [0.15, 0.2) is 30.3 Å². The summed E-state index contributed by atoms with van der Waals surface area (Å²) < 4.78 is 10.8. The van der Waals surface area contributed by atoms with E-state index < -0.39 is 0 Å². The molecule has 4 saturated carbocycles. The highest BCUT2D eigenvalue weighted by molar-refractivity contribution is 5.89. The second-order valence-corrected chi connectivity index (χ2v) is 13.0. The normalized spacial score (nSPS) is 39.6.